The van der Waals surface area contributed by atoms with E-state index >= 15 is 0 Å². The van der Waals surface area contributed by atoms with Gasteiger partial charge in [0.15, 0.2) is 6.21 Å². The van der Waals surface area contributed by atoms with Crippen molar-refractivity contribution in [2.24, 2.45) is 0 Å². The highest BCUT2D eigenvalue weighted by atomic mass is 16.5. The fourth-order valence-electron chi connectivity index (χ4n) is 1.78. The quantitative estimate of drug-likeness (QED) is 0.785. The summed E-state index contributed by atoms with van der Waals surface area (Å²) in [5, 5.41) is 0. The molecule has 1 N–H and O–H groups in total. The Bertz CT molecular complexity index is 506. The predicted molar refractivity (Wildman–Crippen MR) is 74.1 cm³/mol. The van der Waals surface area contributed by atoms with Gasteiger partial charge in [-0.2, -0.15) is 0 Å². The molecule has 0 unspecified atom stereocenters. The molecule has 0 aliphatic heterocycles. The summed E-state index contributed by atoms with van der Waals surface area (Å²) in [7, 11) is 1.69. The molecule has 0 spiro atoms. The lowest BCUT2D eigenvalue weighted by Gasteiger charge is -2.01. The third-order valence-corrected chi connectivity index (χ3v) is 2.76. The number of nitrogens with one attached hydrogen (secondary N) is 1. The summed E-state index contributed by atoms with van der Waals surface area (Å²) < 4.78 is 5.20. The number of rotatable bonds is 5. The number of ether oxygens (including phenoxy) is 1. The molecule has 0 amide bonds. The first kappa shape index (κ1) is 12.4. The van der Waals surface area contributed by atoms with Crippen LogP contribution in [0.1, 0.15) is 11.1 Å². The zero-order valence-electron chi connectivity index (χ0n) is 10.6. The first-order valence-electron chi connectivity index (χ1n) is 6.13. The number of hydrogen-bond donors (Lipinski definition) is 1. The van der Waals surface area contributed by atoms with Crippen LogP contribution in [0.2, 0.25) is 0 Å². The van der Waals surface area contributed by atoms with Crippen LogP contribution in [0.25, 0.3) is 0 Å². The lowest BCUT2D eigenvalue weighted by atomic mass is 10.1. The second-order valence-corrected chi connectivity index (χ2v) is 4.11. The van der Waals surface area contributed by atoms with Crippen LogP contribution in [0.5, 0.6) is 5.75 Å². The molecule has 0 radical (unpaired) electrons. The Morgan fingerprint density at radius 2 is 1.89 bits per heavy atom. The van der Waals surface area contributed by atoms with Crippen LogP contribution in [0, 0.1) is 0 Å². The molecule has 0 aromatic heterocycles. The van der Waals surface area contributed by atoms with Gasteiger partial charge in [-0.1, -0.05) is 30.3 Å². The molecule has 2 rings (SSSR count). The molecule has 0 atom stereocenters. The van der Waals surface area contributed by atoms with Gasteiger partial charge in [-0.05, 0) is 29.8 Å². The summed E-state index contributed by atoms with van der Waals surface area (Å²) in [6, 6.07) is 18.4. The van der Waals surface area contributed by atoms with Gasteiger partial charge in [-0.3, -0.25) is 0 Å². The SMILES string of the molecule is COc1cccc(CC[NH+]=Cc2ccccc2)c1. The monoisotopic (exact) mass is 240 g/mol. The largest absolute Gasteiger partial charge is 0.497 e. The fraction of sp³-hybridized carbons (Fsp3) is 0.188. The summed E-state index contributed by atoms with van der Waals surface area (Å²) in [6.45, 7) is 0.919. The zero-order valence-corrected chi connectivity index (χ0v) is 10.6. The van der Waals surface area contributed by atoms with Crippen molar-refractivity contribution in [1.29, 1.82) is 0 Å². The second kappa shape index (κ2) is 6.60. The van der Waals surface area contributed by atoms with Crippen molar-refractivity contribution in [3.8, 4) is 5.75 Å². The van der Waals surface area contributed by atoms with E-state index in [-0.39, 0.29) is 0 Å². The molecule has 0 heterocycles. The predicted octanol–water partition coefficient (Wildman–Crippen LogP) is 1.44. The standard InChI is InChI=1S/C16H17NO/c1-18-16-9-5-8-14(12-16)10-11-17-13-15-6-3-2-4-7-15/h2-9,12-13H,10-11H2,1H3/p+1. The van der Waals surface area contributed by atoms with Crippen LogP contribution < -0.4 is 9.73 Å². The molecule has 0 saturated heterocycles. The Labute approximate surface area is 108 Å². The maximum Gasteiger partial charge on any atom is 0.169 e. The van der Waals surface area contributed by atoms with E-state index in [4.69, 9.17) is 4.74 Å². The molecule has 0 bridgehead atoms. The van der Waals surface area contributed by atoms with Crippen LogP contribution in [-0.2, 0) is 6.42 Å². The molecule has 2 aromatic carbocycles. The van der Waals surface area contributed by atoms with Gasteiger partial charge in [0.1, 0.15) is 12.3 Å². The van der Waals surface area contributed by atoms with E-state index in [0.717, 1.165) is 18.7 Å². The van der Waals surface area contributed by atoms with Crippen molar-refractivity contribution in [3.63, 3.8) is 0 Å². The minimum Gasteiger partial charge on any atom is -0.497 e. The zero-order chi connectivity index (χ0) is 12.6. The average molecular weight is 240 g/mol. The minimum atomic E-state index is 0.916. The summed E-state index contributed by atoms with van der Waals surface area (Å²) >= 11 is 0. The Kier molecular flexibility index (Phi) is 4.53. The van der Waals surface area contributed by atoms with Crippen LogP contribution in [0.4, 0.5) is 0 Å². The molecule has 2 aromatic rings. The smallest absolute Gasteiger partial charge is 0.169 e. The van der Waals surface area contributed by atoms with Crippen molar-refractivity contribution < 1.29 is 9.73 Å². The molecule has 18 heavy (non-hydrogen) atoms. The Balaban J connectivity index is 1.86. The van der Waals surface area contributed by atoms with Gasteiger partial charge in [0, 0.05) is 12.0 Å². The van der Waals surface area contributed by atoms with E-state index < -0.39 is 0 Å². The van der Waals surface area contributed by atoms with Gasteiger partial charge < -0.3 is 4.74 Å². The molecule has 92 valence electrons. The van der Waals surface area contributed by atoms with Gasteiger partial charge in [-0.15, -0.1) is 0 Å². The molecular weight excluding hydrogens is 222 g/mol. The first-order chi connectivity index (χ1) is 8.88. The van der Waals surface area contributed by atoms with E-state index in [1.54, 1.807) is 7.11 Å². The lowest BCUT2D eigenvalue weighted by molar-refractivity contribution is -0.450. The third-order valence-electron chi connectivity index (χ3n) is 2.76. The Hall–Kier alpha value is -2.09. The highest BCUT2D eigenvalue weighted by molar-refractivity contribution is 5.74. The maximum atomic E-state index is 5.20. The van der Waals surface area contributed by atoms with E-state index in [2.05, 4.69) is 29.3 Å². The average Bonchev–Trinajstić information content (AvgIpc) is 2.45. The van der Waals surface area contributed by atoms with E-state index in [1.807, 2.05) is 36.5 Å². The Morgan fingerprint density at radius 3 is 2.67 bits per heavy atom. The fourth-order valence-corrected chi connectivity index (χ4v) is 1.78. The van der Waals surface area contributed by atoms with Crippen molar-refractivity contribution in [3.05, 3.63) is 65.7 Å². The molecule has 2 nitrogen and oxygen atoms in total. The first-order valence-corrected chi connectivity index (χ1v) is 6.13. The second-order valence-electron chi connectivity index (χ2n) is 4.11. The molecule has 0 saturated carbocycles. The third kappa shape index (κ3) is 3.74. The van der Waals surface area contributed by atoms with Crippen LogP contribution >= 0.6 is 0 Å². The number of benzene rings is 2. The van der Waals surface area contributed by atoms with Gasteiger partial charge in [0.05, 0.1) is 7.11 Å². The Morgan fingerprint density at radius 1 is 1.06 bits per heavy atom. The molecule has 0 fully saturated rings. The van der Waals surface area contributed by atoms with E-state index in [1.165, 1.54) is 11.1 Å². The van der Waals surface area contributed by atoms with Gasteiger partial charge >= 0.3 is 0 Å². The molecular formula is C16H18NO+. The number of hydrogen-bond acceptors (Lipinski definition) is 1. The van der Waals surface area contributed by atoms with Crippen molar-refractivity contribution in [1.82, 2.24) is 0 Å². The minimum absolute atomic E-state index is 0.916. The normalized spacial score (nSPS) is 10.7. The van der Waals surface area contributed by atoms with Gasteiger partial charge in [-0.25, -0.2) is 4.99 Å². The van der Waals surface area contributed by atoms with E-state index in [0.29, 0.717) is 0 Å². The van der Waals surface area contributed by atoms with Crippen LogP contribution in [-0.4, -0.2) is 19.9 Å². The highest BCUT2D eigenvalue weighted by Crippen LogP contribution is 2.12. The van der Waals surface area contributed by atoms with Crippen LogP contribution in [0.15, 0.2) is 54.6 Å². The van der Waals surface area contributed by atoms with Crippen molar-refractivity contribution in [2.75, 3.05) is 13.7 Å². The summed E-state index contributed by atoms with van der Waals surface area (Å²) in [6.07, 6.45) is 3.03. The lowest BCUT2D eigenvalue weighted by Crippen LogP contribution is -2.69. The summed E-state index contributed by atoms with van der Waals surface area (Å²) in [5.74, 6) is 0.916. The topological polar surface area (TPSA) is 23.2 Å². The van der Waals surface area contributed by atoms with Crippen LogP contribution in [0.3, 0.4) is 0 Å². The summed E-state index contributed by atoms with van der Waals surface area (Å²) in [5.41, 5.74) is 2.48. The van der Waals surface area contributed by atoms with Crippen molar-refractivity contribution >= 4 is 6.21 Å². The number of methoxy groups -OCH3 is 1. The highest BCUT2D eigenvalue weighted by Gasteiger charge is 1.97. The van der Waals surface area contributed by atoms with Gasteiger partial charge in [0.2, 0.25) is 0 Å². The molecule has 0 aliphatic rings. The molecule has 0 aliphatic carbocycles. The maximum absolute atomic E-state index is 5.20. The summed E-state index contributed by atoms with van der Waals surface area (Å²) in [4.78, 5) is 3.32. The van der Waals surface area contributed by atoms with Gasteiger partial charge in [0.25, 0.3) is 0 Å². The molecule has 2 heteroatoms. The van der Waals surface area contributed by atoms with Crippen molar-refractivity contribution in [2.45, 2.75) is 6.42 Å². The van der Waals surface area contributed by atoms with E-state index in [9.17, 15) is 0 Å².